The maximum atomic E-state index is 12.2. The fraction of sp³-hybridized carbons (Fsp3) is 0.500. The first-order valence-corrected chi connectivity index (χ1v) is 6.88. The van der Waals surface area contributed by atoms with E-state index in [4.69, 9.17) is 0 Å². The van der Waals surface area contributed by atoms with Gasteiger partial charge >= 0.3 is 12.0 Å². The Morgan fingerprint density at radius 3 is 1.95 bits per heavy atom. The van der Waals surface area contributed by atoms with Crippen LogP contribution in [-0.4, -0.2) is 22.6 Å². The van der Waals surface area contributed by atoms with Gasteiger partial charge in [0.15, 0.2) is 0 Å². The van der Waals surface area contributed by atoms with Gasteiger partial charge in [0.1, 0.15) is 0 Å². The van der Waals surface area contributed by atoms with Crippen LogP contribution in [0.4, 0.5) is 10.5 Å². The lowest BCUT2D eigenvalue weighted by Gasteiger charge is -2.38. The highest BCUT2D eigenvalue weighted by molar-refractivity contribution is 5.92. The van der Waals surface area contributed by atoms with Gasteiger partial charge in [0, 0.05) is 5.69 Å². The lowest BCUT2D eigenvalue weighted by molar-refractivity contribution is -0.150. The number of amides is 2. The van der Waals surface area contributed by atoms with Crippen molar-refractivity contribution in [3.63, 3.8) is 0 Å². The van der Waals surface area contributed by atoms with Crippen LogP contribution in [0.25, 0.3) is 0 Å². The number of carbonyl (C=O) groups is 2. The Bertz CT molecular complexity index is 542. The molecule has 0 bridgehead atoms. The molecule has 1 aromatic carbocycles. The van der Waals surface area contributed by atoms with Gasteiger partial charge in [-0.2, -0.15) is 0 Å². The number of rotatable bonds is 4. The molecule has 21 heavy (non-hydrogen) atoms. The molecule has 5 nitrogen and oxygen atoms in total. The van der Waals surface area contributed by atoms with Crippen molar-refractivity contribution in [3.8, 4) is 0 Å². The van der Waals surface area contributed by atoms with Gasteiger partial charge in [-0.3, -0.25) is 4.79 Å². The first-order chi connectivity index (χ1) is 9.49. The number of carboxylic acid groups (broad SMARTS) is 1. The van der Waals surface area contributed by atoms with Crippen LogP contribution in [0.2, 0.25) is 0 Å². The van der Waals surface area contributed by atoms with Crippen molar-refractivity contribution < 1.29 is 14.7 Å². The highest BCUT2D eigenvalue weighted by Gasteiger charge is 2.44. The molecule has 0 aromatic heterocycles. The molecule has 1 aromatic rings. The van der Waals surface area contributed by atoms with E-state index in [1.165, 1.54) is 0 Å². The highest BCUT2D eigenvalue weighted by atomic mass is 16.4. The van der Waals surface area contributed by atoms with E-state index in [9.17, 15) is 14.7 Å². The van der Waals surface area contributed by atoms with Crippen LogP contribution in [0, 0.1) is 19.3 Å². The SMILES string of the molecule is Cc1cccc(C)c1NC(=O)NC(C)(C)C(C)(C)C(=O)O. The second-order valence-corrected chi connectivity index (χ2v) is 6.40. The molecule has 2 amide bonds. The molecule has 0 spiro atoms. The lowest BCUT2D eigenvalue weighted by atomic mass is 9.74. The molecule has 0 heterocycles. The molecule has 0 atom stereocenters. The van der Waals surface area contributed by atoms with Crippen LogP contribution in [0.5, 0.6) is 0 Å². The van der Waals surface area contributed by atoms with E-state index in [1.54, 1.807) is 27.7 Å². The topological polar surface area (TPSA) is 78.4 Å². The Labute approximate surface area is 125 Å². The molecule has 1 rings (SSSR count). The summed E-state index contributed by atoms with van der Waals surface area (Å²) in [7, 11) is 0. The third-order valence-corrected chi connectivity index (χ3v) is 4.24. The Kier molecular flexibility index (Phi) is 4.66. The van der Waals surface area contributed by atoms with Crippen molar-refractivity contribution in [1.29, 1.82) is 0 Å². The summed E-state index contributed by atoms with van der Waals surface area (Å²) in [5.74, 6) is -0.958. The van der Waals surface area contributed by atoms with Crippen molar-refractivity contribution >= 4 is 17.7 Å². The standard InChI is InChI=1S/C16H24N2O3/c1-10-8-7-9-11(2)12(10)17-14(21)18-16(5,6)15(3,4)13(19)20/h7-9H,1-6H3,(H,19,20)(H2,17,18,21). The Balaban J connectivity index is 2.90. The van der Waals surface area contributed by atoms with Crippen LogP contribution in [-0.2, 0) is 4.79 Å². The number of urea groups is 1. The normalized spacial score (nSPS) is 11.9. The molecule has 3 N–H and O–H groups in total. The van der Waals surface area contributed by atoms with Crippen molar-refractivity contribution in [1.82, 2.24) is 5.32 Å². The number of hydrogen-bond donors (Lipinski definition) is 3. The number of anilines is 1. The van der Waals surface area contributed by atoms with Crippen molar-refractivity contribution in [3.05, 3.63) is 29.3 Å². The number of carboxylic acids is 1. The molecule has 0 radical (unpaired) electrons. The minimum atomic E-state index is -1.09. The monoisotopic (exact) mass is 292 g/mol. The molecule has 0 aliphatic carbocycles. The minimum absolute atomic E-state index is 0.410. The van der Waals surface area contributed by atoms with E-state index in [2.05, 4.69) is 10.6 Å². The minimum Gasteiger partial charge on any atom is -0.481 e. The summed E-state index contributed by atoms with van der Waals surface area (Å²) in [5, 5.41) is 14.8. The predicted molar refractivity (Wildman–Crippen MR) is 83.6 cm³/mol. The van der Waals surface area contributed by atoms with Crippen LogP contribution in [0.1, 0.15) is 38.8 Å². The van der Waals surface area contributed by atoms with Crippen LogP contribution >= 0.6 is 0 Å². The zero-order valence-electron chi connectivity index (χ0n) is 13.5. The molecular formula is C16H24N2O3. The number of carbonyl (C=O) groups excluding carboxylic acids is 1. The molecule has 0 saturated carbocycles. The number of aliphatic carboxylic acids is 1. The zero-order chi connectivity index (χ0) is 16.4. The zero-order valence-corrected chi connectivity index (χ0v) is 13.5. The van der Waals surface area contributed by atoms with Crippen LogP contribution < -0.4 is 10.6 Å². The highest BCUT2D eigenvalue weighted by Crippen LogP contribution is 2.31. The largest absolute Gasteiger partial charge is 0.481 e. The molecule has 0 saturated heterocycles. The molecule has 0 fully saturated rings. The molecule has 0 aliphatic rings. The summed E-state index contributed by atoms with van der Waals surface area (Å²) in [6.45, 7) is 10.4. The Morgan fingerprint density at radius 1 is 1.05 bits per heavy atom. The van der Waals surface area contributed by atoms with Gasteiger partial charge in [-0.15, -0.1) is 0 Å². The third kappa shape index (κ3) is 3.54. The molecule has 0 unspecified atom stereocenters. The average Bonchev–Trinajstić information content (AvgIpc) is 2.33. The quantitative estimate of drug-likeness (QED) is 0.796. The van der Waals surface area contributed by atoms with Gasteiger partial charge in [-0.05, 0) is 52.7 Å². The smallest absolute Gasteiger partial charge is 0.319 e. The summed E-state index contributed by atoms with van der Waals surface area (Å²) in [6, 6.07) is 5.33. The maximum absolute atomic E-state index is 12.2. The van der Waals surface area contributed by atoms with E-state index >= 15 is 0 Å². The Hall–Kier alpha value is -2.04. The van der Waals surface area contributed by atoms with Crippen LogP contribution in [0.15, 0.2) is 18.2 Å². The second-order valence-electron chi connectivity index (χ2n) is 6.40. The first-order valence-electron chi connectivity index (χ1n) is 6.88. The van der Waals surface area contributed by atoms with E-state index < -0.39 is 23.0 Å². The number of benzene rings is 1. The second kappa shape index (κ2) is 5.76. The summed E-state index contributed by atoms with van der Waals surface area (Å²) in [6.07, 6.45) is 0. The Morgan fingerprint density at radius 2 is 1.52 bits per heavy atom. The third-order valence-electron chi connectivity index (χ3n) is 4.24. The number of para-hydroxylation sites is 1. The fourth-order valence-electron chi connectivity index (χ4n) is 1.86. The predicted octanol–water partition coefficient (Wildman–Crippen LogP) is 3.31. The number of aryl methyl sites for hydroxylation is 2. The van der Waals surface area contributed by atoms with Crippen molar-refractivity contribution in [2.45, 2.75) is 47.1 Å². The fourth-order valence-corrected chi connectivity index (χ4v) is 1.86. The summed E-state index contributed by atoms with van der Waals surface area (Å²) in [5.41, 5.74) is 0.671. The van der Waals surface area contributed by atoms with E-state index in [0.717, 1.165) is 16.8 Å². The average molecular weight is 292 g/mol. The van der Waals surface area contributed by atoms with Gasteiger partial charge < -0.3 is 15.7 Å². The van der Waals surface area contributed by atoms with Gasteiger partial charge in [0.05, 0.1) is 11.0 Å². The van der Waals surface area contributed by atoms with Crippen molar-refractivity contribution in [2.24, 2.45) is 5.41 Å². The van der Waals surface area contributed by atoms with Gasteiger partial charge in [0.2, 0.25) is 0 Å². The molecule has 116 valence electrons. The molecule has 5 heteroatoms. The molecular weight excluding hydrogens is 268 g/mol. The van der Waals surface area contributed by atoms with Gasteiger partial charge in [-0.25, -0.2) is 4.79 Å². The maximum Gasteiger partial charge on any atom is 0.319 e. The van der Waals surface area contributed by atoms with E-state index in [1.807, 2.05) is 32.0 Å². The van der Waals surface area contributed by atoms with Crippen LogP contribution in [0.3, 0.4) is 0 Å². The lowest BCUT2D eigenvalue weighted by Crippen LogP contribution is -2.57. The summed E-state index contributed by atoms with van der Waals surface area (Å²) >= 11 is 0. The van der Waals surface area contributed by atoms with Crippen molar-refractivity contribution in [2.75, 3.05) is 5.32 Å². The van der Waals surface area contributed by atoms with E-state index in [0.29, 0.717) is 0 Å². The summed E-state index contributed by atoms with van der Waals surface area (Å²) < 4.78 is 0. The van der Waals surface area contributed by atoms with E-state index in [-0.39, 0.29) is 0 Å². The van der Waals surface area contributed by atoms with Gasteiger partial charge in [0.25, 0.3) is 0 Å². The number of nitrogens with one attached hydrogen (secondary N) is 2. The first kappa shape index (κ1) is 17.0. The number of hydrogen-bond acceptors (Lipinski definition) is 2. The molecule has 0 aliphatic heterocycles. The van der Waals surface area contributed by atoms with Gasteiger partial charge in [-0.1, -0.05) is 18.2 Å². The summed E-state index contributed by atoms with van der Waals surface area (Å²) in [4.78, 5) is 23.5.